The minimum Gasteiger partial charge on any atom is -0.382 e. The van der Waals surface area contributed by atoms with Crippen molar-refractivity contribution in [3.63, 3.8) is 0 Å². The third-order valence-electron chi connectivity index (χ3n) is 2.49. The fraction of sp³-hybridized carbons (Fsp3) is 0.600. The molecule has 0 amide bonds. The molecule has 1 heterocycles. The van der Waals surface area contributed by atoms with Gasteiger partial charge in [0, 0.05) is 6.61 Å². The fourth-order valence-corrected chi connectivity index (χ4v) is 1.68. The monoisotopic (exact) mass is 166 g/mol. The Labute approximate surface area is 72.5 Å². The average molecular weight is 166 g/mol. The fourth-order valence-electron chi connectivity index (χ4n) is 1.68. The summed E-state index contributed by atoms with van der Waals surface area (Å²) in [6.45, 7) is 2.60. The molecule has 2 rings (SSSR count). The van der Waals surface area contributed by atoms with Gasteiger partial charge in [0.25, 0.3) is 0 Å². The van der Waals surface area contributed by atoms with E-state index in [9.17, 15) is 5.11 Å². The van der Waals surface area contributed by atoms with E-state index >= 15 is 0 Å². The number of hydrogen-bond acceptors (Lipinski definition) is 2. The van der Waals surface area contributed by atoms with E-state index < -0.39 is 5.60 Å². The molecule has 12 heavy (non-hydrogen) atoms. The number of ether oxygens (including phenoxy) is 1. The molecule has 1 aliphatic heterocycles. The van der Waals surface area contributed by atoms with E-state index in [0.29, 0.717) is 0 Å². The molecule has 1 fully saturated rings. The lowest BCUT2D eigenvalue weighted by atomic mass is 9.89. The Hall–Kier alpha value is -0.600. The molecule has 0 atom stereocenters. The van der Waals surface area contributed by atoms with Gasteiger partial charge in [0.1, 0.15) is 5.60 Å². The van der Waals surface area contributed by atoms with E-state index in [1.807, 2.05) is 12.2 Å². The lowest BCUT2D eigenvalue weighted by Crippen LogP contribution is -2.30. The highest BCUT2D eigenvalue weighted by Gasteiger charge is 2.33. The molecule has 0 radical (unpaired) electrons. The third kappa shape index (κ3) is 1.32. The van der Waals surface area contributed by atoms with Crippen molar-refractivity contribution >= 4 is 0 Å². The van der Waals surface area contributed by atoms with Crippen LogP contribution in [0, 0.1) is 0 Å². The van der Waals surface area contributed by atoms with Gasteiger partial charge in [-0.2, -0.15) is 0 Å². The van der Waals surface area contributed by atoms with Gasteiger partial charge in [0.2, 0.25) is 0 Å². The molecule has 0 aromatic carbocycles. The van der Waals surface area contributed by atoms with Gasteiger partial charge in [-0.05, 0) is 31.9 Å². The first-order valence-electron chi connectivity index (χ1n) is 4.39. The van der Waals surface area contributed by atoms with Crippen LogP contribution in [0.5, 0.6) is 0 Å². The van der Waals surface area contributed by atoms with Crippen LogP contribution in [0.15, 0.2) is 24.3 Å². The van der Waals surface area contributed by atoms with E-state index in [2.05, 4.69) is 0 Å². The Morgan fingerprint density at radius 1 is 1.25 bits per heavy atom. The number of hydrogen-bond donors (Lipinski definition) is 1. The molecule has 1 aliphatic carbocycles. The lowest BCUT2D eigenvalue weighted by molar-refractivity contribution is 0.0743. The predicted molar refractivity (Wildman–Crippen MR) is 46.8 cm³/mol. The Bertz CT molecular complexity index is 214. The van der Waals surface area contributed by atoms with Gasteiger partial charge < -0.3 is 9.84 Å². The number of rotatable bonds is 0. The summed E-state index contributed by atoms with van der Waals surface area (Å²) in [6.07, 6.45) is 9.70. The Morgan fingerprint density at radius 2 is 1.92 bits per heavy atom. The van der Waals surface area contributed by atoms with Crippen LogP contribution in [-0.4, -0.2) is 22.9 Å². The van der Waals surface area contributed by atoms with Gasteiger partial charge in [0.05, 0.1) is 5.60 Å². The van der Waals surface area contributed by atoms with Crippen molar-refractivity contribution in [1.82, 2.24) is 0 Å². The predicted octanol–water partition coefficient (Wildman–Crippen LogP) is 1.41. The highest BCUT2D eigenvalue weighted by Crippen LogP contribution is 2.33. The summed E-state index contributed by atoms with van der Waals surface area (Å²) in [7, 11) is 0. The van der Waals surface area contributed by atoms with Crippen LogP contribution in [0.2, 0.25) is 0 Å². The molecule has 1 spiro atoms. The Balaban J connectivity index is 2.19. The molecule has 1 N–H and O–H groups in total. The first-order valence-corrected chi connectivity index (χ1v) is 4.39. The topological polar surface area (TPSA) is 29.5 Å². The first-order chi connectivity index (χ1) is 5.62. The standard InChI is InChI=1S/C10H14O2/c1-9(11)4-6-10(7-5-9)3-2-8-12-10/h4-7,11H,2-3,8H2,1H3. The van der Waals surface area contributed by atoms with Crippen molar-refractivity contribution in [2.45, 2.75) is 31.0 Å². The van der Waals surface area contributed by atoms with Crippen molar-refractivity contribution in [3.8, 4) is 0 Å². The number of aliphatic hydroxyl groups is 1. The summed E-state index contributed by atoms with van der Waals surface area (Å²) in [5, 5.41) is 9.59. The van der Waals surface area contributed by atoms with Crippen LogP contribution in [0.25, 0.3) is 0 Å². The molecule has 0 bridgehead atoms. The van der Waals surface area contributed by atoms with Gasteiger partial charge in [0.15, 0.2) is 0 Å². The van der Waals surface area contributed by atoms with Crippen LogP contribution in [0.3, 0.4) is 0 Å². The van der Waals surface area contributed by atoms with Crippen molar-refractivity contribution in [3.05, 3.63) is 24.3 Å². The first kappa shape index (κ1) is 8.02. The Morgan fingerprint density at radius 3 is 2.42 bits per heavy atom. The summed E-state index contributed by atoms with van der Waals surface area (Å²) in [6, 6.07) is 0. The molecule has 2 aliphatic rings. The summed E-state index contributed by atoms with van der Waals surface area (Å²) in [5.41, 5.74) is -0.973. The molecule has 0 aromatic rings. The quantitative estimate of drug-likeness (QED) is 0.551. The average Bonchev–Trinajstić information content (AvgIpc) is 2.46. The normalized spacial score (nSPS) is 45.8. The molecule has 0 unspecified atom stereocenters. The van der Waals surface area contributed by atoms with E-state index in [-0.39, 0.29) is 5.60 Å². The minimum atomic E-state index is -0.781. The molecule has 66 valence electrons. The van der Waals surface area contributed by atoms with Crippen molar-refractivity contribution in [2.75, 3.05) is 6.61 Å². The molecular weight excluding hydrogens is 152 g/mol. The molecule has 1 saturated heterocycles. The SMILES string of the molecule is CC1(O)C=CC2(C=C1)CCCO2. The zero-order valence-electron chi connectivity index (χ0n) is 7.29. The summed E-state index contributed by atoms with van der Waals surface area (Å²) < 4.78 is 5.59. The maximum Gasteiger partial charge on any atom is 0.105 e. The van der Waals surface area contributed by atoms with Crippen LogP contribution < -0.4 is 0 Å². The molecule has 0 saturated carbocycles. The van der Waals surface area contributed by atoms with Gasteiger partial charge in [-0.15, -0.1) is 0 Å². The van der Waals surface area contributed by atoms with Gasteiger partial charge in [-0.25, -0.2) is 0 Å². The smallest absolute Gasteiger partial charge is 0.105 e. The molecule has 2 nitrogen and oxygen atoms in total. The molecule has 2 heteroatoms. The second-order valence-corrected chi connectivity index (χ2v) is 3.80. The van der Waals surface area contributed by atoms with Crippen LogP contribution in [0.1, 0.15) is 19.8 Å². The lowest BCUT2D eigenvalue weighted by Gasteiger charge is -2.28. The molecular formula is C10H14O2. The molecule has 0 aromatic heterocycles. The maximum absolute atomic E-state index is 9.59. The van der Waals surface area contributed by atoms with Crippen molar-refractivity contribution in [1.29, 1.82) is 0 Å². The third-order valence-corrected chi connectivity index (χ3v) is 2.49. The summed E-state index contributed by atoms with van der Waals surface area (Å²) in [4.78, 5) is 0. The van der Waals surface area contributed by atoms with E-state index in [4.69, 9.17) is 4.74 Å². The minimum absolute atomic E-state index is 0.192. The second kappa shape index (κ2) is 2.44. The Kier molecular flexibility index (Phi) is 1.63. The van der Waals surface area contributed by atoms with E-state index in [1.54, 1.807) is 19.1 Å². The largest absolute Gasteiger partial charge is 0.382 e. The summed E-state index contributed by atoms with van der Waals surface area (Å²) in [5.74, 6) is 0. The highest BCUT2D eigenvalue weighted by molar-refractivity contribution is 5.29. The van der Waals surface area contributed by atoms with Crippen molar-refractivity contribution < 1.29 is 9.84 Å². The van der Waals surface area contributed by atoms with Crippen LogP contribution >= 0.6 is 0 Å². The van der Waals surface area contributed by atoms with E-state index in [0.717, 1.165) is 19.4 Å². The van der Waals surface area contributed by atoms with Crippen molar-refractivity contribution in [2.24, 2.45) is 0 Å². The second-order valence-electron chi connectivity index (χ2n) is 3.80. The highest BCUT2D eigenvalue weighted by atomic mass is 16.5. The zero-order chi connectivity index (χ0) is 8.66. The zero-order valence-corrected chi connectivity index (χ0v) is 7.29. The van der Waals surface area contributed by atoms with E-state index in [1.165, 1.54) is 0 Å². The maximum atomic E-state index is 9.59. The van der Waals surface area contributed by atoms with Crippen LogP contribution in [0.4, 0.5) is 0 Å². The van der Waals surface area contributed by atoms with Gasteiger partial charge in [-0.3, -0.25) is 0 Å². The van der Waals surface area contributed by atoms with Gasteiger partial charge in [-0.1, -0.05) is 12.2 Å². The van der Waals surface area contributed by atoms with Crippen LogP contribution in [-0.2, 0) is 4.74 Å². The summed E-state index contributed by atoms with van der Waals surface area (Å²) >= 11 is 0. The van der Waals surface area contributed by atoms with Gasteiger partial charge >= 0.3 is 0 Å².